The molecule has 5 nitrogen and oxygen atoms in total. The van der Waals surface area contributed by atoms with Crippen molar-refractivity contribution in [1.82, 2.24) is 0 Å². The average molecular weight is 453 g/mol. The molecule has 1 heterocycles. The van der Waals surface area contributed by atoms with Crippen molar-refractivity contribution in [1.29, 1.82) is 5.41 Å². The molecule has 2 aliphatic rings. The van der Waals surface area contributed by atoms with Gasteiger partial charge in [0.1, 0.15) is 11.3 Å². The Kier molecular flexibility index (Phi) is 5.15. The van der Waals surface area contributed by atoms with Crippen LogP contribution in [0.2, 0.25) is 0 Å². The van der Waals surface area contributed by atoms with Gasteiger partial charge in [0.2, 0.25) is 0 Å². The number of carbonyl (C=O) groups is 1. The van der Waals surface area contributed by atoms with E-state index in [4.69, 9.17) is 15.6 Å². The zero-order chi connectivity index (χ0) is 23.1. The van der Waals surface area contributed by atoms with Gasteiger partial charge in [0.05, 0.1) is 10.9 Å². The number of nitrogens with two attached hydrogens (primary N) is 1. The van der Waals surface area contributed by atoms with Gasteiger partial charge in [0.15, 0.2) is 0 Å². The van der Waals surface area contributed by atoms with E-state index in [0.717, 1.165) is 32.5 Å². The summed E-state index contributed by atoms with van der Waals surface area (Å²) in [4.78, 5) is 13.1. The number of carboxylic acids is 1. The highest BCUT2D eigenvalue weighted by Gasteiger charge is 2.23. The number of rotatable bonds is 4. The summed E-state index contributed by atoms with van der Waals surface area (Å²) in [5.74, 6) is -0.508. The van der Waals surface area contributed by atoms with Crippen LogP contribution < -0.4 is 11.1 Å². The van der Waals surface area contributed by atoms with E-state index in [1.807, 2.05) is 48.7 Å². The van der Waals surface area contributed by atoms with Gasteiger partial charge in [-0.15, -0.1) is 11.8 Å². The molecule has 3 aromatic rings. The van der Waals surface area contributed by atoms with Crippen LogP contribution in [0.25, 0.3) is 44.5 Å². The summed E-state index contributed by atoms with van der Waals surface area (Å²) in [6.45, 7) is 0. The highest BCUT2D eigenvalue weighted by atomic mass is 32.2. The molecule has 0 bridgehead atoms. The maximum absolute atomic E-state index is 12.1. The van der Waals surface area contributed by atoms with Gasteiger partial charge in [0.25, 0.3) is 0 Å². The number of thioether (sulfide) groups is 1. The van der Waals surface area contributed by atoms with Crippen LogP contribution in [0, 0.1) is 5.41 Å². The minimum absolute atomic E-state index is 0.198. The topological polar surface area (TPSA) is 100 Å². The molecule has 0 radical (unpaired) electrons. The average Bonchev–Trinajstić information content (AvgIpc) is 2.82. The Bertz CT molecular complexity index is 1570. The third kappa shape index (κ3) is 3.54. The third-order valence-corrected chi connectivity index (χ3v) is 6.50. The minimum atomic E-state index is -1.01. The third-order valence-electron chi connectivity index (χ3n) is 5.71. The Morgan fingerprint density at radius 3 is 2.39 bits per heavy atom. The fraction of sp³-hybridized carbons (Fsp3) is 0.0370. The number of hydrogen-bond acceptors (Lipinski definition) is 5. The van der Waals surface area contributed by atoms with E-state index in [-0.39, 0.29) is 5.56 Å². The molecule has 1 aliphatic carbocycles. The molecule has 0 aromatic heterocycles. The predicted octanol–water partition coefficient (Wildman–Crippen LogP) is 6.35. The SMILES string of the molecule is CSc1ccccc1-c1cc2c(-c3ccccc3C(=O)O)c3ccc(N)cc3oc-2cc1=N. The number of nitrogens with one attached hydrogen (secondary N) is 1. The summed E-state index contributed by atoms with van der Waals surface area (Å²) in [6.07, 6.45) is 2.01. The number of fused-ring (bicyclic) bond motifs is 2. The maximum atomic E-state index is 12.1. The van der Waals surface area contributed by atoms with E-state index in [1.54, 1.807) is 48.2 Å². The summed E-state index contributed by atoms with van der Waals surface area (Å²) >= 11 is 1.62. The van der Waals surface area contributed by atoms with E-state index in [9.17, 15) is 9.90 Å². The first kappa shape index (κ1) is 20.8. The first-order chi connectivity index (χ1) is 16.0. The molecule has 0 atom stereocenters. The van der Waals surface area contributed by atoms with E-state index < -0.39 is 5.97 Å². The molecule has 0 saturated heterocycles. The Morgan fingerprint density at radius 2 is 1.64 bits per heavy atom. The zero-order valence-corrected chi connectivity index (χ0v) is 18.6. The molecule has 6 heteroatoms. The van der Waals surface area contributed by atoms with Crippen molar-refractivity contribution in [3.63, 3.8) is 0 Å². The van der Waals surface area contributed by atoms with Gasteiger partial charge < -0.3 is 20.7 Å². The van der Waals surface area contributed by atoms with Crippen LogP contribution in [0.5, 0.6) is 0 Å². The lowest BCUT2D eigenvalue weighted by atomic mass is 9.89. The molecule has 0 fully saturated rings. The number of hydrogen-bond donors (Lipinski definition) is 3. The van der Waals surface area contributed by atoms with Crippen LogP contribution in [-0.4, -0.2) is 17.3 Å². The normalized spacial score (nSPS) is 11.2. The molecule has 33 heavy (non-hydrogen) atoms. The molecule has 4 N–H and O–H groups in total. The lowest BCUT2D eigenvalue weighted by Crippen LogP contribution is -2.07. The molecule has 0 amide bonds. The van der Waals surface area contributed by atoms with Crippen LogP contribution in [0.4, 0.5) is 5.69 Å². The summed E-state index contributed by atoms with van der Waals surface area (Å²) < 4.78 is 6.17. The van der Waals surface area contributed by atoms with Crippen LogP contribution in [0.1, 0.15) is 10.4 Å². The molecule has 0 saturated carbocycles. The second-order valence-electron chi connectivity index (χ2n) is 7.68. The van der Waals surface area contributed by atoms with Crippen molar-refractivity contribution in [2.45, 2.75) is 4.90 Å². The van der Waals surface area contributed by atoms with Crippen molar-refractivity contribution < 1.29 is 14.3 Å². The fourth-order valence-electron chi connectivity index (χ4n) is 4.22. The Balaban J connectivity index is 1.95. The van der Waals surface area contributed by atoms with Gasteiger partial charge in [-0.2, -0.15) is 0 Å². The highest BCUT2D eigenvalue weighted by Crippen LogP contribution is 2.43. The van der Waals surface area contributed by atoms with Crippen molar-refractivity contribution in [2.75, 3.05) is 12.0 Å². The van der Waals surface area contributed by atoms with Crippen molar-refractivity contribution >= 4 is 34.4 Å². The monoisotopic (exact) mass is 452 g/mol. The number of anilines is 1. The van der Waals surface area contributed by atoms with Crippen LogP contribution in [-0.2, 0) is 0 Å². The number of nitrogen functional groups attached to an aromatic ring is 1. The molecule has 0 unspecified atom stereocenters. The standard InChI is InChI=1S/C27H20N2O3S/c1-33-25-9-5-4-6-16(25)20-13-21-24(14-22(20)29)32-23-12-15(28)10-11-19(23)26(21)17-7-2-3-8-18(17)27(30)31/h2-14,29H,28H2,1H3,(H,30,31). The number of carboxylic acid groups (broad SMARTS) is 1. The minimum Gasteiger partial charge on any atom is -0.478 e. The van der Waals surface area contributed by atoms with Crippen LogP contribution in [0.15, 0.2) is 88.2 Å². The second kappa shape index (κ2) is 8.15. The summed E-state index contributed by atoms with van der Waals surface area (Å²) in [5, 5.41) is 19.7. The Hall–Kier alpha value is -4.03. The Labute approximate surface area is 194 Å². The summed E-state index contributed by atoms with van der Waals surface area (Å²) in [5.41, 5.74) is 11.1. The number of aromatic carboxylic acids is 1. The van der Waals surface area contributed by atoms with Gasteiger partial charge in [-0.05, 0) is 47.7 Å². The molecule has 1 aliphatic heterocycles. The van der Waals surface area contributed by atoms with Crippen LogP contribution in [0.3, 0.4) is 0 Å². The van der Waals surface area contributed by atoms with Crippen LogP contribution >= 0.6 is 11.8 Å². The zero-order valence-electron chi connectivity index (χ0n) is 17.8. The van der Waals surface area contributed by atoms with Gasteiger partial charge in [0, 0.05) is 44.8 Å². The molecular formula is C27H20N2O3S. The van der Waals surface area contributed by atoms with Crippen molar-refractivity contribution in [3.05, 3.63) is 89.8 Å². The smallest absolute Gasteiger partial charge is 0.336 e. The second-order valence-corrected chi connectivity index (χ2v) is 8.53. The number of benzene rings is 4. The predicted molar refractivity (Wildman–Crippen MR) is 133 cm³/mol. The Morgan fingerprint density at radius 1 is 0.909 bits per heavy atom. The lowest BCUT2D eigenvalue weighted by molar-refractivity contribution is 0.0697. The molecule has 162 valence electrons. The van der Waals surface area contributed by atoms with E-state index in [2.05, 4.69) is 0 Å². The van der Waals surface area contributed by atoms with Crippen molar-refractivity contribution in [3.8, 4) is 33.6 Å². The van der Waals surface area contributed by atoms with E-state index in [1.165, 1.54) is 0 Å². The van der Waals surface area contributed by atoms with Gasteiger partial charge >= 0.3 is 5.97 Å². The summed E-state index contributed by atoms with van der Waals surface area (Å²) in [7, 11) is 0. The van der Waals surface area contributed by atoms with E-state index >= 15 is 0 Å². The summed E-state index contributed by atoms with van der Waals surface area (Å²) in [6, 6.07) is 23.9. The molecule has 3 aromatic carbocycles. The van der Waals surface area contributed by atoms with Gasteiger partial charge in [-0.25, -0.2) is 4.79 Å². The molecule has 0 spiro atoms. The van der Waals surface area contributed by atoms with Gasteiger partial charge in [-0.1, -0.05) is 36.4 Å². The first-order valence-electron chi connectivity index (χ1n) is 10.3. The van der Waals surface area contributed by atoms with Gasteiger partial charge in [-0.3, -0.25) is 0 Å². The molecule has 5 rings (SSSR count). The van der Waals surface area contributed by atoms with Crippen molar-refractivity contribution in [2.24, 2.45) is 0 Å². The maximum Gasteiger partial charge on any atom is 0.336 e. The highest BCUT2D eigenvalue weighted by molar-refractivity contribution is 7.98. The quantitative estimate of drug-likeness (QED) is 0.167. The largest absolute Gasteiger partial charge is 0.478 e. The van der Waals surface area contributed by atoms with E-state index in [0.29, 0.717) is 28.0 Å². The first-order valence-corrected chi connectivity index (χ1v) is 11.5. The lowest BCUT2D eigenvalue weighted by Gasteiger charge is -2.19. The fourth-order valence-corrected chi connectivity index (χ4v) is 4.83. The molecular weight excluding hydrogens is 432 g/mol.